The Morgan fingerprint density at radius 3 is 2.49 bits per heavy atom. The number of hydrogen-bond donors (Lipinski definition) is 1. The molecule has 0 radical (unpaired) electrons. The van der Waals surface area contributed by atoms with E-state index in [4.69, 9.17) is 14.2 Å². The molecule has 0 saturated carbocycles. The Labute approximate surface area is 215 Å². The molecule has 2 aliphatic rings. The topological polar surface area (TPSA) is 80.5 Å². The lowest BCUT2D eigenvalue weighted by atomic mass is 9.93. The van der Waals surface area contributed by atoms with Crippen LogP contribution in [0.2, 0.25) is 0 Å². The second-order valence-corrected chi connectivity index (χ2v) is 9.59. The quantitative estimate of drug-likeness (QED) is 0.356. The maximum absolute atomic E-state index is 13.5. The Balaban J connectivity index is 1.46. The number of urea groups is 1. The fourth-order valence-electron chi connectivity index (χ4n) is 5.23. The van der Waals surface area contributed by atoms with Crippen LogP contribution in [0.3, 0.4) is 0 Å². The highest BCUT2D eigenvalue weighted by Gasteiger charge is 2.36. The van der Waals surface area contributed by atoms with Crippen molar-refractivity contribution in [3.8, 4) is 17.1 Å². The summed E-state index contributed by atoms with van der Waals surface area (Å²) in [5.74, 6) is 1.60. The Kier molecular flexibility index (Phi) is 5.75. The van der Waals surface area contributed by atoms with Crippen LogP contribution in [0.25, 0.3) is 17.0 Å². The number of hydrogen-bond acceptors (Lipinski definition) is 5. The van der Waals surface area contributed by atoms with Crippen LogP contribution < -0.4 is 15.0 Å². The van der Waals surface area contributed by atoms with E-state index in [0.717, 1.165) is 58.7 Å². The highest BCUT2D eigenvalue weighted by atomic mass is 16.5. The molecule has 2 amide bonds. The summed E-state index contributed by atoms with van der Waals surface area (Å²) in [6.07, 6.45) is 3.28. The molecular weight excluding hydrogens is 464 g/mol. The summed E-state index contributed by atoms with van der Waals surface area (Å²) in [4.78, 5) is 20.0. The molecule has 1 unspecified atom stereocenters. The highest BCUT2D eigenvalue weighted by Crippen LogP contribution is 2.40. The third-order valence-corrected chi connectivity index (χ3v) is 7.24. The van der Waals surface area contributed by atoms with Gasteiger partial charge in [0, 0.05) is 11.3 Å². The first-order valence-corrected chi connectivity index (χ1v) is 12.5. The Morgan fingerprint density at radius 2 is 1.73 bits per heavy atom. The van der Waals surface area contributed by atoms with Crippen molar-refractivity contribution in [1.82, 2.24) is 15.5 Å². The molecule has 6 rings (SSSR count). The summed E-state index contributed by atoms with van der Waals surface area (Å²) in [5.41, 5.74) is 7.95. The van der Waals surface area contributed by atoms with E-state index in [2.05, 4.69) is 22.6 Å². The fraction of sp³-hybridized carbons (Fsp3) is 0.233. The van der Waals surface area contributed by atoms with Crippen molar-refractivity contribution in [2.75, 3.05) is 12.0 Å². The normalized spacial score (nSPS) is 17.1. The molecule has 37 heavy (non-hydrogen) atoms. The average Bonchev–Trinajstić information content (AvgIpc) is 3.59. The number of carbonyl (C=O) groups excluding carboxylic acids is 1. The van der Waals surface area contributed by atoms with Crippen molar-refractivity contribution in [2.45, 2.75) is 39.2 Å². The molecule has 1 atom stereocenters. The van der Waals surface area contributed by atoms with E-state index in [9.17, 15) is 4.79 Å². The number of aromatic nitrogens is 2. The van der Waals surface area contributed by atoms with E-state index in [1.54, 1.807) is 12.0 Å². The maximum Gasteiger partial charge on any atom is 0.326 e. The van der Waals surface area contributed by atoms with Crippen molar-refractivity contribution in [1.29, 1.82) is 0 Å². The maximum atomic E-state index is 13.5. The SMILES string of the molecule is COc1ccc(-c2noc(C3=C(C)N(c4ccc5c(c4)CCC5)C(=O)NC3c3ccc(C)cc3)n2)cc1. The number of amides is 2. The minimum atomic E-state index is -0.428. The van der Waals surface area contributed by atoms with Gasteiger partial charge in [-0.05, 0) is 86.2 Å². The summed E-state index contributed by atoms with van der Waals surface area (Å²) >= 11 is 0. The van der Waals surface area contributed by atoms with Crippen LogP contribution in [-0.4, -0.2) is 23.3 Å². The number of rotatable bonds is 5. The number of allylic oxidation sites excluding steroid dienone is 1. The molecule has 1 aromatic heterocycles. The number of ether oxygens (including phenoxy) is 1. The average molecular weight is 493 g/mol. The smallest absolute Gasteiger partial charge is 0.326 e. The van der Waals surface area contributed by atoms with Crippen molar-refractivity contribution in [3.05, 3.63) is 101 Å². The first-order chi connectivity index (χ1) is 18.0. The molecular formula is C30H28N4O3. The van der Waals surface area contributed by atoms with E-state index in [0.29, 0.717) is 11.7 Å². The van der Waals surface area contributed by atoms with Crippen molar-refractivity contribution < 1.29 is 14.1 Å². The van der Waals surface area contributed by atoms with Gasteiger partial charge < -0.3 is 14.6 Å². The van der Waals surface area contributed by atoms with Crippen LogP contribution >= 0.6 is 0 Å². The third kappa shape index (κ3) is 4.16. The second-order valence-electron chi connectivity index (χ2n) is 9.59. The number of carbonyl (C=O) groups is 1. The first kappa shape index (κ1) is 23.0. The number of benzene rings is 3. The molecule has 1 aliphatic heterocycles. The van der Waals surface area contributed by atoms with Gasteiger partial charge in [0.25, 0.3) is 5.89 Å². The number of anilines is 1. The van der Waals surface area contributed by atoms with Gasteiger partial charge in [0.15, 0.2) is 0 Å². The zero-order valence-corrected chi connectivity index (χ0v) is 21.1. The lowest BCUT2D eigenvalue weighted by Gasteiger charge is -2.35. The van der Waals surface area contributed by atoms with Crippen molar-refractivity contribution in [3.63, 3.8) is 0 Å². The van der Waals surface area contributed by atoms with Crippen molar-refractivity contribution >= 4 is 17.3 Å². The summed E-state index contributed by atoms with van der Waals surface area (Å²) in [6, 6.07) is 21.3. The first-order valence-electron chi connectivity index (χ1n) is 12.5. The predicted octanol–water partition coefficient (Wildman–Crippen LogP) is 6.24. The summed E-state index contributed by atoms with van der Waals surface area (Å²) in [5, 5.41) is 7.46. The van der Waals surface area contributed by atoms with Gasteiger partial charge in [-0.15, -0.1) is 0 Å². The van der Waals surface area contributed by atoms with Gasteiger partial charge in [-0.3, -0.25) is 4.90 Å². The highest BCUT2D eigenvalue weighted by molar-refractivity contribution is 6.01. The van der Waals surface area contributed by atoms with Gasteiger partial charge >= 0.3 is 6.03 Å². The lowest BCUT2D eigenvalue weighted by Crippen LogP contribution is -2.46. The summed E-state index contributed by atoms with van der Waals surface area (Å²) in [6.45, 7) is 3.99. The van der Waals surface area contributed by atoms with Crippen LogP contribution in [0.4, 0.5) is 10.5 Å². The fourth-order valence-corrected chi connectivity index (χ4v) is 5.23. The molecule has 0 bridgehead atoms. The van der Waals surface area contributed by atoms with Crippen molar-refractivity contribution in [2.24, 2.45) is 0 Å². The van der Waals surface area contributed by atoms with Gasteiger partial charge in [0.05, 0.1) is 24.4 Å². The summed E-state index contributed by atoms with van der Waals surface area (Å²) in [7, 11) is 1.63. The van der Waals surface area contributed by atoms with Crippen LogP contribution in [0.1, 0.15) is 47.5 Å². The van der Waals surface area contributed by atoms with Gasteiger partial charge in [-0.1, -0.05) is 41.1 Å². The third-order valence-electron chi connectivity index (χ3n) is 7.24. The van der Waals surface area contributed by atoms with Gasteiger partial charge in [0.2, 0.25) is 5.82 Å². The number of nitrogens with zero attached hydrogens (tertiary/aromatic N) is 3. The van der Waals surface area contributed by atoms with E-state index in [1.807, 2.05) is 68.4 Å². The monoisotopic (exact) mass is 492 g/mol. The zero-order valence-electron chi connectivity index (χ0n) is 21.1. The number of fused-ring (bicyclic) bond motifs is 1. The van der Waals surface area contributed by atoms with Crippen LogP contribution in [-0.2, 0) is 12.8 Å². The molecule has 1 aliphatic carbocycles. The Bertz CT molecular complexity index is 1500. The molecule has 0 fully saturated rings. The molecule has 3 aromatic carbocycles. The van der Waals surface area contributed by atoms with E-state index in [1.165, 1.54) is 11.1 Å². The van der Waals surface area contributed by atoms with Gasteiger partial charge in [0.1, 0.15) is 5.75 Å². The van der Waals surface area contributed by atoms with E-state index < -0.39 is 6.04 Å². The molecule has 7 nitrogen and oxygen atoms in total. The largest absolute Gasteiger partial charge is 0.497 e. The lowest BCUT2D eigenvalue weighted by molar-refractivity contribution is 0.244. The molecule has 0 spiro atoms. The molecule has 7 heteroatoms. The Morgan fingerprint density at radius 1 is 0.973 bits per heavy atom. The Hall–Kier alpha value is -4.39. The van der Waals surface area contributed by atoms with Gasteiger partial charge in [-0.2, -0.15) is 4.98 Å². The van der Waals surface area contributed by atoms with Crippen LogP contribution in [0, 0.1) is 6.92 Å². The van der Waals surface area contributed by atoms with Crippen LogP contribution in [0.5, 0.6) is 5.75 Å². The number of aryl methyl sites for hydroxylation is 3. The van der Waals surface area contributed by atoms with E-state index in [-0.39, 0.29) is 6.03 Å². The van der Waals surface area contributed by atoms with E-state index >= 15 is 0 Å². The zero-order chi connectivity index (χ0) is 25.5. The molecule has 2 heterocycles. The molecule has 0 saturated heterocycles. The summed E-state index contributed by atoms with van der Waals surface area (Å²) < 4.78 is 11.1. The minimum absolute atomic E-state index is 0.181. The molecule has 1 N–H and O–H groups in total. The standard InChI is InChI=1S/C30H28N4O3/c1-18-7-9-21(10-8-18)27-26(29-32-28(33-37-29)22-12-15-25(36-3)16-13-22)19(2)34(30(35)31-27)24-14-11-20-5-4-6-23(20)17-24/h7-17,27H,4-6H2,1-3H3,(H,31,35). The molecule has 4 aromatic rings. The van der Waals surface area contributed by atoms with Crippen LogP contribution in [0.15, 0.2) is 77.0 Å². The number of methoxy groups -OCH3 is 1. The molecule has 186 valence electrons. The number of nitrogens with one attached hydrogen (secondary N) is 1. The van der Waals surface area contributed by atoms with Gasteiger partial charge in [-0.25, -0.2) is 4.79 Å². The second kappa shape index (κ2) is 9.24. The predicted molar refractivity (Wildman–Crippen MR) is 142 cm³/mol. The minimum Gasteiger partial charge on any atom is -0.497 e.